The average Bonchev–Trinajstić information content (AvgIpc) is 2.38. The van der Waals surface area contributed by atoms with Crippen LogP contribution in [-0.2, 0) is 0 Å². The van der Waals surface area contributed by atoms with Gasteiger partial charge in [-0.1, -0.05) is 26.0 Å². The molecule has 104 valence electrons. The highest BCUT2D eigenvalue weighted by Gasteiger charge is 2.10. The van der Waals surface area contributed by atoms with Crippen LogP contribution in [0.25, 0.3) is 5.69 Å². The molecule has 2 rings (SSSR count). The predicted octanol–water partition coefficient (Wildman–Crippen LogP) is 1.95. The molecular formula is C15H18N4O. The van der Waals surface area contributed by atoms with Crippen molar-refractivity contribution in [3.05, 3.63) is 57.5 Å². The Bertz CT molecular complexity index is 699. The summed E-state index contributed by atoms with van der Waals surface area (Å²) in [5, 5.41) is 11.6. The van der Waals surface area contributed by atoms with E-state index in [2.05, 4.69) is 18.9 Å². The van der Waals surface area contributed by atoms with Crippen LogP contribution in [0.15, 0.2) is 35.1 Å². The summed E-state index contributed by atoms with van der Waals surface area (Å²) in [4.78, 5) is 11.7. The fourth-order valence-electron chi connectivity index (χ4n) is 2.00. The fourth-order valence-corrected chi connectivity index (χ4v) is 2.00. The second-order valence-electron chi connectivity index (χ2n) is 5.07. The zero-order valence-electron chi connectivity index (χ0n) is 11.8. The SMILES string of the molecule is Cc1cc(=O)c(C(=N)N)nn1-c1ccc(C(C)C)cc1. The van der Waals surface area contributed by atoms with Gasteiger partial charge in [-0.25, -0.2) is 4.68 Å². The number of amidine groups is 1. The van der Waals surface area contributed by atoms with Crippen molar-refractivity contribution in [3.8, 4) is 5.69 Å². The summed E-state index contributed by atoms with van der Waals surface area (Å²) in [7, 11) is 0. The van der Waals surface area contributed by atoms with Gasteiger partial charge in [-0.3, -0.25) is 10.2 Å². The average molecular weight is 270 g/mol. The lowest BCUT2D eigenvalue weighted by atomic mass is 10.0. The van der Waals surface area contributed by atoms with E-state index in [-0.39, 0.29) is 17.0 Å². The van der Waals surface area contributed by atoms with Crippen LogP contribution in [0.4, 0.5) is 0 Å². The molecule has 3 N–H and O–H groups in total. The van der Waals surface area contributed by atoms with Crippen molar-refractivity contribution in [1.29, 1.82) is 5.41 Å². The van der Waals surface area contributed by atoms with Gasteiger partial charge in [-0.05, 0) is 30.5 Å². The van der Waals surface area contributed by atoms with Crippen LogP contribution in [0, 0.1) is 12.3 Å². The number of aryl methyl sites for hydroxylation is 1. The van der Waals surface area contributed by atoms with Gasteiger partial charge < -0.3 is 5.73 Å². The van der Waals surface area contributed by atoms with Crippen LogP contribution < -0.4 is 11.2 Å². The molecule has 1 aromatic heterocycles. The molecule has 0 amide bonds. The Morgan fingerprint density at radius 3 is 2.40 bits per heavy atom. The smallest absolute Gasteiger partial charge is 0.211 e. The van der Waals surface area contributed by atoms with Gasteiger partial charge in [-0.2, -0.15) is 5.10 Å². The van der Waals surface area contributed by atoms with E-state index in [0.29, 0.717) is 11.6 Å². The predicted molar refractivity (Wildman–Crippen MR) is 79.7 cm³/mol. The van der Waals surface area contributed by atoms with Crippen LogP contribution in [0.3, 0.4) is 0 Å². The first-order chi connectivity index (χ1) is 9.40. The maximum absolute atomic E-state index is 11.7. The molecule has 0 radical (unpaired) electrons. The molecule has 5 heteroatoms. The van der Waals surface area contributed by atoms with Crippen molar-refractivity contribution in [1.82, 2.24) is 9.78 Å². The largest absolute Gasteiger partial charge is 0.382 e. The molecule has 0 saturated heterocycles. The van der Waals surface area contributed by atoms with Gasteiger partial charge in [-0.15, -0.1) is 0 Å². The molecule has 1 aromatic carbocycles. The number of nitrogens with two attached hydrogens (primary N) is 1. The van der Waals surface area contributed by atoms with E-state index in [1.807, 2.05) is 24.3 Å². The number of nitrogens with zero attached hydrogens (tertiary/aromatic N) is 2. The van der Waals surface area contributed by atoms with Gasteiger partial charge in [0.25, 0.3) is 0 Å². The van der Waals surface area contributed by atoms with Crippen molar-refractivity contribution in [2.24, 2.45) is 5.73 Å². The molecule has 2 aromatic rings. The molecule has 0 bridgehead atoms. The van der Waals surface area contributed by atoms with Gasteiger partial charge in [0.1, 0.15) is 5.84 Å². The summed E-state index contributed by atoms with van der Waals surface area (Å²) in [5.41, 5.74) is 7.81. The van der Waals surface area contributed by atoms with E-state index in [1.54, 1.807) is 11.6 Å². The first-order valence-corrected chi connectivity index (χ1v) is 6.46. The number of benzene rings is 1. The van der Waals surface area contributed by atoms with Crippen molar-refractivity contribution < 1.29 is 0 Å². The molecule has 0 aliphatic carbocycles. The summed E-state index contributed by atoms with van der Waals surface area (Å²) < 4.78 is 1.63. The highest BCUT2D eigenvalue weighted by Crippen LogP contribution is 2.17. The lowest BCUT2D eigenvalue weighted by molar-refractivity contribution is 0.789. The number of hydrogen-bond acceptors (Lipinski definition) is 3. The first kappa shape index (κ1) is 14.0. The van der Waals surface area contributed by atoms with E-state index in [4.69, 9.17) is 11.1 Å². The molecule has 0 fully saturated rings. The normalized spacial score (nSPS) is 10.8. The molecule has 0 saturated carbocycles. The van der Waals surface area contributed by atoms with E-state index in [1.165, 1.54) is 11.6 Å². The van der Waals surface area contributed by atoms with Crippen LogP contribution in [0.2, 0.25) is 0 Å². The maximum atomic E-state index is 11.7. The van der Waals surface area contributed by atoms with Crippen LogP contribution in [0.1, 0.15) is 36.7 Å². The minimum absolute atomic E-state index is 0.0245. The van der Waals surface area contributed by atoms with Gasteiger partial charge in [0.15, 0.2) is 5.69 Å². The number of rotatable bonds is 3. The van der Waals surface area contributed by atoms with Gasteiger partial charge in [0.2, 0.25) is 5.43 Å². The molecule has 0 aliphatic rings. The van der Waals surface area contributed by atoms with Crippen molar-refractivity contribution in [3.63, 3.8) is 0 Å². The van der Waals surface area contributed by atoms with Crippen LogP contribution >= 0.6 is 0 Å². The monoisotopic (exact) mass is 270 g/mol. The Hall–Kier alpha value is -2.43. The van der Waals surface area contributed by atoms with Crippen molar-refractivity contribution in [2.45, 2.75) is 26.7 Å². The fraction of sp³-hybridized carbons (Fsp3) is 0.267. The summed E-state index contributed by atoms with van der Waals surface area (Å²) in [5.74, 6) is 0.141. The van der Waals surface area contributed by atoms with E-state index in [9.17, 15) is 4.79 Å². The Kier molecular flexibility index (Phi) is 3.70. The van der Waals surface area contributed by atoms with Crippen molar-refractivity contribution in [2.75, 3.05) is 0 Å². The topological polar surface area (TPSA) is 84.8 Å². The Labute approximate surface area is 117 Å². The minimum atomic E-state index is -0.329. The molecule has 0 aliphatic heterocycles. The van der Waals surface area contributed by atoms with E-state index < -0.39 is 0 Å². The third kappa shape index (κ3) is 2.61. The number of hydrogen-bond donors (Lipinski definition) is 2. The standard InChI is InChI=1S/C15H18N4O/c1-9(2)11-4-6-12(7-5-11)19-10(3)8-13(20)14(18-19)15(16)17/h4-9H,1-3H3,(H3,16,17). The molecule has 20 heavy (non-hydrogen) atoms. The lowest BCUT2D eigenvalue weighted by Crippen LogP contribution is -2.27. The summed E-state index contributed by atoms with van der Waals surface area (Å²) >= 11 is 0. The highest BCUT2D eigenvalue weighted by molar-refractivity contribution is 5.92. The Morgan fingerprint density at radius 2 is 1.90 bits per heavy atom. The molecule has 0 unspecified atom stereocenters. The van der Waals surface area contributed by atoms with Gasteiger partial charge in [0, 0.05) is 11.8 Å². The molecule has 5 nitrogen and oxygen atoms in total. The molecule has 1 heterocycles. The van der Waals surface area contributed by atoms with Crippen LogP contribution in [0.5, 0.6) is 0 Å². The number of aromatic nitrogens is 2. The molecule has 0 atom stereocenters. The molecular weight excluding hydrogens is 252 g/mol. The second kappa shape index (κ2) is 5.28. The van der Waals surface area contributed by atoms with E-state index in [0.717, 1.165) is 5.69 Å². The number of nitrogen functional groups attached to an aromatic ring is 1. The quantitative estimate of drug-likeness (QED) is 0.660. The summed E-state index contributed by atoms with van der Waals surface area (Å²) in [6.45, 7) is 6.06. The lowest BCUT2D eigenvalue weighted by Gasteiger charge is -2.12. The zero-order valence-corrected chi connectivity index (χ0v) is 11.8. The van der Waals surface area contributed by atoms with Crippen LogP contribution in [-0.4, -0.2) is 15.6 Å². The van der Waals surface area contributed by atoms with Gasteiger partial charge in [0.05, 0.1) is 5.69 Å². The Balaban J connectivity index is 2.54. The first-order valence-electron chi connectivity index (χ1n) is 6.46. The number of nitrogens with one attached hydrogen (secondary N) is 1. The third-order valence-electron chi connectivity index (χ3n) is 3.17. The maximum Gasteiger partial charge on any atom is 0.211 e. The summed E-state index contributed by atoms with van der Waals surface area (Å²) in [6.07, 6.45) is 0. The zero-order chi connectivity index (χ0) is 14.9. The second-order valence-corrected chi connectivity index (χ2v) is 5.07. The van der Waals surface area contributed by atoms with E-state index >= 15 is 0 Å². The molecule has 0 spiro atoms. The van der Waals surface area contributed by atoms with Crippen molar-refractivity contribution >= 4 is 5.84 Å². The summed E-state index contributed by atoms with van der Waals surface area (Å²) in [6, 6.07) is 9.41. The third-order valence-corrected chi connectivity index (χ3v) is 3.17. The highest BCUT2D eigenvalue weighted by atomic mass is 16.1. The Morgan fingerprint density at radius 1 is 1.30 bits per heavy atom. The van der Waals surface area contributed by atoms with Gasteiger partial charge >= 0.3 is 0 Å². The minimum Gasteiger partial charge on any atom is -0.382 e.